The molecule has 0 amide bonds. The predicted octanol–water partition coefficient (Wildman–Crippen LogP) is 1.70. The van der Waals surface area contributed by atoms with Gasteiger partial charge in [-0.25, -0.2) is 13.4 Å². The average Bonchev–Trinajstić information content (AvgIpc) is 2.26. The Morgan fingerprint density at radius 2 is 2.12 bits per heavy atom. The predicted molar refractivity (Wildman–Crippen MR) is 63.0 cm³/mol. The summed E-state index contributed by atoms with van der Waals surface area (Å²) in [7, 11) is -3.76. The minimum absolute atomic E-state index is 0.179. The fourth-order valence-corrected chi connectivity index (χ4v) is 2.99. The van der Waals surface area contributed by atoms with E-state index in [1.54, 1.807) is 6.92 Å². The lowest BCUT2D eigenvalue weighted by Gasteiger charge is -2.04. The van der Waals surface area contributed by atoms with Gasteiger partial charge in [-0.3, -0.25) is 10.1 Å². The molecule has 1 aromatic heterocycles. The Kier molecular flexibility index (Phi) is 4.41. The first kappa shape index (κ1) is 13.9. The van der Waals surface area contributed by atoms with Crippen LogP contribution in [0.3, 0.4) is 0 Å². The minimum Gasteiger partial charge on any atom is -0.258 e. The summed E-state index contributed by atoms with van der Waals surface area (Å²) in [6.45, 7) is 1.57. The number of hydrogen-bond acceptors (Lipinski definition) is 5. The standard InChI is InChI=1S/C9H11ClN2O4S/c1-7-3-4-8(12(13)14)9(11-7)17(15,16)6-2-5-10/h3-4H,2,5-6H2,1H3. The van der Waals surface area contributed by atoms with Gasteiger partial charge < -0.3 is 0 Å². The molecule has 0 N–H and O–H groups in total. The Balaban J connectivity index is 3.28. The SMILES string of the molecule is Cc1ccc([N+](=O)[O-])c(S(=O)(=O)CCCCl)n1. The molecule has 0 bridgehead atoms. The van der Waals surface area contributed by atoms with Gasteiger partial charge in [-0.1, -0.05) is 0 Å². The van der Waals surface area contributed by atoms with Crippen molar-refractivity contribution in [3.8, 4) is 0 Å². The molecule has 17 heavy (non-hydrogen) atoms. The molecule has 0 atom stereocenters. The Labute approximate surface area is 104 Å². The zero-order valence-corrected chi connectivity index (χ0v) is 10.7. The molecule has 0 saturated carbocycles. The maximum absolute atomic E-state index is 11.8. The van der Waals surface area contributed by atoms with Crippen LogP contribution in [-0.4, -0.2) is 30.0 Å². The van der Waals surface area contributed by atoms with E-state index in [-0.39, 0.29) is 18.1 Å². The van der Waals surface area contributed by atoms with Crippen molar-refractivity contribution in [3.05, 3.63) is 27.9 Å². The van der Waals surface area contributed by atoms with Gasteiger partial charge in [0.2, 0.25) is 14.9 Å². The lowest BCUT2D eigenvalue weighted by Crippen LogP contribution is -2.12. The highest BCUT2D eigenvalue weighted by Gasteiger charge is 2.27. The topological polar surface area (TPSA) is 90.2 Å². The van der Waals surface area contributed by atoms with Gasteiger partial charge in [0.15, 0.2) is 0 Å². The number of rotatable bonds is 5. The van der Waals surface area contributed by atoms with E-state index in [0.29, 0.717) is 5.69 Å². The van der Waals surface area contributed by atoms with Crippen LogP contribution in [0, 0.1) is 17.0 Å². The number of nitrogens with zero attached hydrogens (tertiary/aromatic N) is 2. The molecule has 0 aliphatic rings. The van der Waals surface area contributed by atoms with Crippen molar-refractivity contribution in [2.24, 2.45) is 0 Å². The number of nitro groups is 1. The van der Waals surface area contributed by atoms with Gasteiger partial charge in [-0.05, 0) is 19.4 Å². The van der Waals surface area contributed by atoms with Gasteiger partial charge in [-0.2, -0.15) is 0 Å². The molecule has 0 aliphatic carbocycles. The highest BCUT2D eigenvalue weighted by Crippen LogP contribution is 2.23. The highest BCUT2D eigenvalue weighted by atomic mass is 35.5. The summed E-state index contributed by atoms with van der Waals surface area (Å²) in [6.07, 6.45) is 0.233. The molecule has 8 heteroatoms. The molecule has 0 unspecified atom stereocenters. The van der Waals surface area contributed by atoms with Crippen LogP contribution < -0.4 is 0 Å². The highest BCUT2D eigenvalue weighted by molar-refractivity contribution is 7.91. The van der Waals surface area contributed by atoms with Crippen LogP contribution in [0.25, 0.3) is 0 Å². The zero-order chi connectivity index (χ0) is 13.1. The maximum atomic E-state index is 11.8. The number of pyridine rings is 1. The lowest BCUT2D eigenvalue weighted by molar-refractivity contribution is -0.388. The molecule has 0 saturated heterocycles. The van der Waals surface area contributed by atoms with Crippen molar-refractivity contribution in [1.82, 2.24) is 4.98 Å². The molecule has 0 aliphatic heterocycles. The Morgan fingerprint density at radius 1 is 1.47 bits per heavy atom. The van der Waals surface area contributed by atoms with E-state index in [9.17, 15) is 18.5 Å². The summed E-state index contributed by atoms with van der Waals surface area (Å²) in [4.78, 5) is 13.7. The molecule has 1 rings (SSSR count). The first-order valence-electron chi connectivity index (χ1n) is 4.79. The summed E-state index contributed by atoms with van der Waals surface area (Å²) >= 11 is 5.41. The van der Waals surface area contributed by atoms with Gasteiger partial charge in [0.05, 0.1) is 10.7 Å². The molecule has 0 aromatic carbocycles. The fraction of sp³-hybridized carbons (Fsp3) is 0.444. The van der Waals surface area contributed by atoms with E-state index in [1.165, 1.54) is 6.07 Å². The Morgan fingerprint density at radius 3 is 2.65 bits per heavy atom. The lowest BCUT2D eigenvalue weighted by atomic mass is 10.3. The summed E-state index contributed by atoms with van der Waals surface area (Å²) in [5, 5.41) is 10.2. The molecular weight excluding hydrogens is 268 g/mol. The third-order valence-electron chi connectivity index (χ3n) is 2.02. The molecule has 0 radical (unpaired) electrons. The largest absolute Gasteiger partial charge is 0.306 e. The van der Waals surface area contributed by atoms with E-state index in [2.05, 4.69) is 4.98 Å². The smallest absolute Gasteiger partial charge is 0.258 e. The molecule has 6 nitrogen and oxygen atoms in total. The number of aryl methyl sites for hydroxylation is 1. The van der Waals surface area contributed by atoms with Crippen LogP contribution in [0.4, 0.5) is 5.69 Å². The number of hydrogen-bond donors (Lipinski definition) is 0. The van der Waals surface area contributed by atoms with Crippen LogP contribution in [0.15, 0.2) is 17.2 Å². The van der Waals surface area contributed by atoms with Gasteiger partial charge in [0, 0.05) is 17.6 Å². The Hall–Kier alpha value is -1.21. The number of sulfone groups is 1. The van der Waals surface area contributed by atoms with E-state index < -0.39 is 25.5 Å². The van der Waals surface area contributed by atoms with Crippen molar-refractivity contribution in [2.45, 2.75) is 18.4 Å². The third kappa shape index (κ3) is 3.37. The van der Waals surface area contributed by atoms with E-state index >= 15 is 0 Å². The van der Waals surface area contributed by atoms with Gasteiger partial charge >= 0.3 is 5.69 Å². The second-order valence-corrected chi connectivity index (χ2v) is 5.80. The van der Waals surface area contributed by atoms with Crippen LogP contribution in [-0.2, 0) is 9.84 Å². The van der Waals surface area contributed by atoms with Crippen LogP contribution in [0.1, 0.15) is 12.1 Å². The number of aromatic nitrogens is 1. The summed E-state index contributed by atoms with van der Waals surface area (Å²) in [5.74, 6) is -0.0629. The molecule has 0 spiro atoms. The van der Waals surface area contributed by atoms with E-state index in [1.807, 2.05) is 0 Å². The van der Waals surface area contributed by atoms with Crippen molar-refractivity contribution in [2.75, 3.05) is 11.6 Å². The molecule has 1 aromatic rings. The second kappa shape index (κ2) is 5.42. The average molecular weight is 279 g/mol. The molecule has 1 heterocycles. The zero-order valence-electron chi connectivity index (χ0n) is 9.09. The molecule has 0 fully saturated rings. The van der Waals surface area contributed by atoms with Crippen LogP contribution in [0.5, 0.6) is 0 Å². The van der Waals surface area contributed by atoms with Gasteiger partial charge in [0.1, 0.15) is 0 Å². The van der Waals surface area contributed by atoms with Crippen molar-refractivity contribution < 1.29 is 13.3 Å². The van der Waals surface area contributed by atoms with Crippen LogP contribution in [0.2, 0.25) is 0 Å². The molecular formula is C9H11ClN2O4S. The summed E-state index contributed by atoms with van der Waals surface area (Å²) in [6, 6.07) is 2.55. The first-order valence-corrected chi connectivity index (χ1v) is 6.98. The first-order chi connectivity index (χ1) is 7.88. The minimum atomic E-state index is -3.76. The molecule has 94 valence electrons. The van der Waals surface area contributed by atoms with E-state index in [4.69, 9.17) is 11.6 Å². The normalized spacial score (nSPS) is 11.4. The fourth-order valence-electron chi connectivity index (χ4n) is 1.23. The monoisotopic (exact) mass is 278 g/mol. The second-order valence-electron chi connectivity index (χ2n) is 3.40. The van der Waals surface area contributed by atoms with Crippen molar-refractivity contribution in [3.63, 3.8) is 0 Å². The Bertz CT molecular complexity index is 530. The number of halogens is 1. The van der Waals surface area contributed by atoms with Crippen LogP contribution >= 0.6 is 11.6 Å². The third-order valence-corrected chi connectivity index (χ3v) is 4.00. The summed E-state index contributed by atoms with van der Waals surface area (Å²) < 4.78 is 23.7. The maximum Gasteiger partial charge on any atom is 0.306 e. The van der Waals surface area contributed by atoms with Crippen molar-refractivity contribution in [1.29, 1.82) is 0 Å². The van der Waals surface area contributed by atoms with E-state index in [0.717, 1.165) is 6.07 Å². The van der Waals surface area contributed by atoms with Crippen molar-refractivity contribution >= 4 is 27.1 Å². The number of alkyl halides is 1. The van der Waals surface area contributed by atoms with Gasteiger partial charge in [0.25, 0.3) is 0 Å². The quantitative estimate of drug-likeness (QED) is 0.464. The summed E-state index contributed by atoms with van der Waals surface area (Å²) in [5.41, 5.74) is -0.0785. The van der Waals surface area contributed by atoms with Gasteiger partial charge in [-0.15, -0.1) is 11.6 Å².